The van der Waals surface area contributed by atoms with Crippen LogP contribution in [0.3, 0.4) is 0 Å². The Morgan fingerprint density at radius 2 is 1.58 bits per heavy atom. The van der Waals surface area contributed by atoms with Gasteiger partial charge in [-0.05, 0) is 29.7 Å². The Bertz CT molecular complexity index is 502. The van der Waals surface area contributed by atoms with Crippen LogP contribution in [0.15, 0.2) is 30.3 Å². The van der Waals surface area contributed by atoms with E-state index < -0.39 is 0 Å². The van der Waals surface area contributed by atoms with Crippen LogP contribution in [0.5, 0.6) is 0 Å². The summed E-state index contributed by atoms with van der Waals surface area (Å²) in [5.41, 5.74) is 1.22. The summed E-state index contributed by atoms with van der Waals surface area (Å²) < 4.78 is 10.3. The molecular formula is C20H30O4. The smallest absolute Gasteiger partial charge is 0.306 e. The molecule has 0 aliphatic carbocycles. The van der Waals surface area contributed by atoms with Crippen LogP contribution in [0.1, 0.15) is 58.9 Å². The largest absolute Gasteiger partial charge is 0.466 e. The van der Waals surface area contributed by atoms with Gasteiger partial charge in [0.25, 0.3) is 0 Å². The first-order valence-electron chi connectivity index (χ1n) is 8.61. The first-order valence-corrected chi connectivity index (χ1v) is 8.61. The average Bonchev–Trinajstić information content (AvgIpc) is 2.50. The molecule has 0 spiro atoms. The lowest BCUT2D eigenvalue weighted by Crippen LogP contribution is -2.15. The number of benzene rings is 1. The molecule has 1 atom stereocenters. The summed E-state index contributed by atoms with van der Waals surface area (Å²) in [5, 5.41) is 0. The third-order valence-corrected chi connectivity index (χ3v) is 3.61. The molecule has 134 valence electrons. The van der Waals surface area contributed by atoms with Crippen molar-refractivity contribution in [2.75, 3.05) is 6.61 Å². The molecule has 1 unspecified atom stereocenters. The molecule has 0 saturated heterocycles. The minimum absolute atomic E-state index is 0.0587. The molecule has 0 bridgehead atoms. The summed E-state index contributed by atoms with van der Waals surface area (Å²) in [5.74, 6) is -0.208. The molecule has 0 fully saturated rings. The van der Waals surface area contributed by atoms with Gasteiger partial charge in [0.05, 0.1) is 19.4 Å². The van der Waals surface area contributed by atoms with Crippen LogP contribution in [0.25, 0.3) is 0 Å². The first-order chi connectivity index (χ1) is 11.3. The number of carbonyl (C=O) groups is 2. The van der Waals surface area contributed by atoms with Crippen molar-refractivity contribution in [2.24, 2.45) is 11.3 Å². The third kappa shape index (κ3) is 10.0. The molecule has 4 heteroatoms. The summed E-state index contributed by atoms with van der Waals surface area (Å²) in [6, 6.07) is 9.46. The highest BCUT2D eigenvalue weighted by atomic mass is 16.5. The highest BCUT2D eigenvalue weighted by molar-refractivity contribution is 5.77. The van der Waals surface area contributed by atoms with E-state index in [-0.39, 0.29) is 36.8 Å². The maximum atomic E-state index is 11.7. The first kappa shape index (κ1) is 20.2. The van der Waals surface area contributed by atoms with Crippen molar-refractivity contribution in [1.29, 1.82) is 0 Å². The van der Waals surface area contributed by atoms with Crippen molar-refractivity contribution in [2.45, 2.75) is 60.0 Å². The van der Waals surface area contributed by atoms with Gasteiger partial charge in [0.15, 0.2) is 0 Å². The van der Waals surface area contributed by atoms with Gasteiger partial charge in [-0.25, -0.2) is 0 Å². The second kappa shape index (κ2) is 10.1. The van der Waals surface area contributed by atoms with Crippen LogP contribution in [0.2, 0.25) is 0 Å². The number of esters is 2. The normalized spacial score (nSPS) is 12.5. The van der Waals surface area contributed by atoms with Gasteiger partial charge in [-0.1, -0.05) is 58.0 Å². The SMILES string of the molecule is CC(CCOC(=O)CCC(=O)OCc1ccccc1)CC(C)(C)C. The second-order valence-corrected chi connectivity index (χ2v) is 7.53. The second-order valence-electron chi connectivity index (χ2n) is 7.53. The summed E-state index contributed by atoms with van der Waals surface area (Å²) in [4.78, 5) is 23.3. The van der Waals surface area contributed by atoms with Gasteiger partial charge < -0.3 is 9.47 Å². The van der Waals surface area contributed by atoms with E-state index >= 15 is 0 Å². The zero-order valence-electron chi connectivity index (χ0n) is 15.3. The molecule has 1 rings (SSSR count). The van der Waals surface area contributed by atoms with E-state index in [1.54, 1.807) is 0 Å². The van der Waals surface area contributed by atoms with Crippen molar-refractivity contribution < 1.29 is 19.1 Å². The molecule has 0 amide bonds. The van der Waals surface area contributed by atoms with Gasteiger partial charge in [0.1, 0.15) is 6.61 Å². The number of hydrogen-bond donors (Lipinski definition) is 0. The molecule has 0 aliphatic rings. The van der Waals surface area contributed by atoms with E-state index in [1.165, 1.54) is 0 Å². The minimum Gasteiger partial charge on any atom is -0.466 e. The summed E-state index contributed by atoms with van der Waals surface area (Å²) in [6.45, 7) is 9.43. The van der Waals surface area contributed by atoms with Crippen LogP contribution in [0.4, 0.5) is 0 Å². The Balaban J connectivity index is 2.11. The zero-order chi connectivity index (χ0) is 18.0. The summed E-state index contributed by atoms with van der Waals surface area (Å²) in [7, 11) is 0. The minimum atomic E-state index is -0.378. The van der Waals surface area contributed by atoms with Crippen LogP contribution >= 0.6 is 0 Å². The molecule has 1 aromatic rings. The van der Waals surface area contributed by atoms with Gasteiger partial charge in [-0.3, -0.25) is 9.59 Å². The van der Waals surface area contributed by atoms with E-state index in [2.05, 4.69) is 27.7 Å². The highest BCUT2D eigenvalue weighted by Gasteiger charge is 2.16. The monoisotopic (exact) mass is 334 g/mol. The van der Waals surface area contributed by atoms with E-state index in [4.69, 9.17) is 9.47 Å². The van der Waals surface area contributed by atoms with Crippen molar-refractivity contribution >= 4 is 11.9 Å². The average molecular weight is 334 g/mol. The van der Waals surface area contributed by atoms with Gasteiger partial charge in [0.2, 0.25) is 0 Å². The van der Waals surface area contributed by atoms with Crippen LogP contribution in [-0.4, -0.2) is 18.5 Å². The van der Waals surface area contributed by atoms with E-state index in [9.17, 15) is 9.59 Å². The number of carbonyl (C=O) groups excluding carboxylic acids is 2. The molecule has 0 saturated carbocycles. The van der Waals surface area contributed by atoms with E-state index in [1.807, 2.05) is 30.3 Å². The highest BCUT2D eigenvalue weighted by Crippen LogP contribution is 2.25. The summed E-state index contributed by atoms with van der Waals surface area (Å²) >= 11 is 0. The maximum absolute atomic E-state index is 11.7. The van der Waals surface area contributed by atoms with Crippen LogP contribution in [-0.2, 0) is 25.7 Å². The zero-order valence-corrected chi connectivity index (χ0v) is 15.3. The molecule has 0 aliphatic heterocycles. The van der Waals surface area contributed by atoms with Crippen LogP contribution < -0.4 is 0 Å². The third-order valence-electron chi connectivity index (χ3n) is 3.61. The fraction of sp³-hybridized carbons (Fsp3) is 0.600. The van der Waals surface area contributed by atoms with Crippen molar-refractivity contribution in [3.63, 3.8) is 0 Å². The van der Waals surface area contributed by atoms with Gasteiger partial charge >= 0.3 is 11.9 Å². The van der Waals surface area contributed by atoms with E-state index in [0.29, 0.717) is 12.5 Å². The lowest BCUT2D eigenvalue weighted by molar-refractivity contribution is -0.151. The standard InChI is InChI=1S/C20H30O4/c1-16(14-20(2,3)4)12-13-23-18(21)10-11-19(22)24-15-17-8-6-5-7-9-17/h5-9,16H,10-15H2,1-4H3. The Morgan fingerprint density at radius 3 is 2.17 bits per heavy atom. The quantitative estimate of drug-likeness (QED) is 0.623. The maximum Gasteiger partial charge on any atom is 0.306 e. The van der Waals surface area contributed by atoms with Gasteiger partial charge in [0, 0.05) is 0 Å². The van der Waals surface area contributed by atoms with Crippen molar-refractivity contribution in [3.05, 3.63) is 35.9 Å². The predicted octanol–water partition coefficient (Wildman–Crippen LogP) is 4.52. The molecule has 0 aromatic heterocycles. The molecule has 0 heterocycles. The van der Waals surface area contributed by atoms with Crippen molar-refractivity contribution in [3.8, 4) is 0 Å². The lowest BCUT2D eigenvalue weighted by Gasteiger charge is -2.22. The topological polar surface area (TPSA) is 52.6 Å². The lowest BCUT2D eigenvalue weighted by atomic mass is 9.84. The predicted molar refractivity (Wildman–Crippen MR) is 94.3 cm³/mol. The van der Waals surface area contributed by atoms with Gasteiger partial charge in [-0.2, -0.15) is 0 Å². The molecule has 4 nitrogen and oxygen atoms in total. The van der Waals surface area contributed by atoms with Crippen LogP contribution in [0, 0.1) is 11.3 Å². The number of ether oxygens (including phenoxy) is 2. The molecule has 0 N–H and O–H groups in total. The van der Waals surface area contributed by atoms with Crippen molar-refractivity contribution in [1.82, 2.24) is 0 Å². The fourth-order valence-corrected chi connectivity index (χ4v) is 2.61. The molecular weight excluding hydrogens is 304 g/mol. The van der Waals surface area contributed by atoms with E-state index in [0.717, 1.165) is 18.4 Å². The molecule has 0 radical (unpaired) electrons. The number of rotatable bonds is 9. The molecule has 1 aromatic carbocycles. The number of hydrogen-bond acceptors (Lipinski definition) is 4. The Morgan fingerprint density at radius 1 is 1.00 bits per heavy atom. The molecule has 24 heavy (non-hydrogen) atoms. The Kier molecular flexibility index (Phi) is 8.51. The Hall–Kier alpha value is -1.84. The van der Waals surface area contributed by atoms with Gasteiger partial charge in [-0.15, -0.1) is 0 Å². The fourth-order valence-electron chi connectivity index (χ4n) is 2.61. The summed E-state index contributed by atoms with van der Waals surface area (Å²) in [6.07, 6.45) is 2.07. The Labute approximate surface area is 145 Å².